The monoisotopic (exact) mass is 1280 g/mol. The fraction of sp³-hybridized carbons (Fsp3) is 0.536. The standard InChI is InChI=1S/C28H40O3.C28H42O2.C18H30O.C10H12O3/c1-19(2)11-8-12-20(3)13-9-14-21(4)15-10-16-28(7)18-26(30)24-17-25(29)22(5)23(6)27(24)31-28;1-20(2)11-8-12-21(3)13-9-14-22(4)15-10-17-28(7)18-16-25-19-26(29)23(5)24(6)27(25)30-28;1-15(2)9-6-10-16(3)11-7-12-17(4)13-8-14-18(5)19;1-5-6(2)10(13)8(7(3)11)4-9(5)12/h11,13,15,17,29H,8-10,12,14,16,18H2,1-7H3;11,13,15,19,29H,8-10,12,14,16-18H2,1-7H3;9,11,13H,6-8,10,12,14H2,1-5H3;4,12-13H,1-3H3/b20-13+,21-15+;21-13+,22-15+;16-11+,17-13+;. The summed E-state index contributed by atoms with van der Waals surface area (Å²) in [5.41, 5.74) is 18.9. The number of phenolic OH excluding ortho intramolecular Hbond substituents is 4. The summed E-state index contributed by atoms with van der Waals surface area (Å²) in [4.78, 5) is 34.6. The molecule has 93 heavy (non-hydrogen) atoms. The molecule has 514 valence electrons. The first-order valence-electron chi connectivity index (χ1n) is 34.4. The van der Waals surface area contributed by atoms with Crippen LogP contribution in [0.25, 0.3) is 0 Å². The van der Waals surface area contributed by atoms with Crippen molar-refractivity contribution in [2.24, 2.45) is 0 Å². The number of carbonyl (C=O) groups excluding carboxylic acids is 3. The number of hydrogen-bond acceptors (Lipinski definition) is 9. The van der Waals surface area contributed by atoms with Gasteiger partial charge in [-0.05, 0) is 331 Å². The van der Waals surface area contributed by atoms with E-state index in [0.717, 1.165) is 149 Å². The number of aryl methyl sites for hydroxylation is 1. The van der Waals surface area contributed by atoms with E-state index in [0.29, 0.717) is 41.0 Å². The highest BCUT2D eigenvalue weighted by Gasteiger charge is 2.38. The number of hydrogen-bond donors (Lipinski definition) is 4. The quantitative estimate of drug-likeness (QED) is 0.0316. The topological polar surface area (TPSA) is 151 Å². The van der Waals surface area contributed by atoms with Crippen molar-refractivity contribution < 1.29 is 44.3 Å². The van der Waals surface area contributed by atoms with Crippen LogP contribution in [-0.2, 0) is 11.2 Å². The van der Waals surface area contributed by atoms with Crippen molar-refractivity contribution in [3.05, 3.63) is 173 Å². The van der Waals surface area contributed by atoms with Crippen LogP contribution in [0.1, 0.15) is 299 Å². The van der Waals surface area contributed by atoms with Crippen LogP contribution in [0.15, 0.2) is 123 Å². The molecule has 9 heteroatoms. The Kier molecular flexibility index (Phi) is 36.3. The molecule has 0 amide bonds. The van der Waals surface area contributed by atoms with Gasteiger partial charge in [-0.2, -0.15) is 0 Å². The summed E-state index contributed by atoms with van der Waals surface area (Å²) in [5.74, 6) is 2.27. The van der Waals surface area contributed by atoms with Gasteiger partial charge in [-0.3, -0.25) is 9.59 Å². The minimum atomic E-state index is -0.504. The zero-order chi connectivity index (χ0) is 70.3. The molecule has 0 radical (unpaired) electrons. The summed E-state index contributed by atoms with van der Waals surface area (Å²) in [6, 6.07) is 4.73. The molecule has 0 aromatic heterocycles. The summed E-state index contributed by atoms with van der Waals surface area (Å²) in [5, 5.41) is 39.1. The van der Waals surface area contributed by atoms with Crippen LogP contribution < -0.4 is 9.47 Å². The molecule has 9 nitrogen and oxygen atoms in total. The van der Waals surface area contributed by atoms with Gasteiger partial charge in [0.2, 0.25) is 0 Å². The van der Waals surface area contributed by atoms with Gasteiger partial charge in [0.25, 0.3) is 0 Å². The smallest absolute Gasteiger partial charge is 0.170 e. The normalized spacial score (nSPS) is 16.6. The predicted molar refractivity (Wildman–Crippen MR) is 394 cm³/mol. The van der Waals surface area contributed by atoms with Crippen LogP contribution in [0.3, 0.4) is 0 Å². The minimum Gasteiger partial charge on any atom is -0.508 e. The van der Waals surface area contributed by atoms with E-state index in [9.17, 15) is 34.8 Å². The van der Waals surface area contributed by atoms with Gasteiger partial charge in [-0.1, -0.05) is 105 Å². The molecule has 0 saturated carbocycles. The number of aromatic hydroxyl groups is 4. The van der Waals surface area contributed by atoms with Crippen molar-refractivity contribution in [3.63, 3.8) is 0 Å². The van der Waals surface area contributed by atoms with Gasteiger partial charge in [-0.15, -0.1) is 0 Å². The van der Waals surface area contributed by atoms with Crippen LogP contribution in [0.2, 0.25) is 0 Å². The van der Waals surface area contributed by atoms with Gasteiger partial charge in [0.05, 0.1) is 17.5 Å². The van der Waals surface area contributed by atoms with Gasteiger partial charge in [0.15, 0.2) is 11.6 Å². The third kappa shape index (κ3) is 30.8. The van der Waals surface area contributed by atoms with Gasteiger partial charge in [0, 0.05) is 6.42 Å². The molecule has 2 heterocycles. The Morgan fingerprint density at radius 2 is 0.753 bits per heavy atom. The highest BCUT2D eigenvalue weighted by Crippen LogP contribution is 2.44. The maximum absolute atomic E-state index is 12.7. The highest BCUT2D eigenvalue weighted by molar-refractivity contribution is 6.01. The second-order valence-corrected chi connectivity index (χ2v) is 28.2. The molecule has 5 rings (SSSR count). The Hall–Kier alpha value is -6.87. The van der Waals surface area contributed by atoms with Crippen LogP contribution in [0.5, 0.6) is 34.5 Å². The number of benzene rings is 3. The summed E-state index contributed by atoms with van der Waals surface area (Å²) < 4.78 is 12.8. The molecule has 0 fully saturated rings. The average Bonchev–Trinajstić information content (AvgIpc) is 0.783. The first kappa shape index (κ1) is 82.2. The lowest BCUT2D eigenvalue weighted by molar-refractivity contribution is -0.116. The number of allylic oxidation sites excluding steroid dienone is 18. The first-order valence-corrected chi connectivity index (χ1v) is 34.4. The van der Waals surface area contributed by atoms with Crippen molar-refractivity contribution in [3.8, 4) is 34.5 Å². The number of carbonyl (C=O) groups is 3. The molecule has 0 spiro atoms. The Morgan fingerprint density at radius 1 is 0.419 bits per heavy atom. The van der Waals surface area contributed by atoms with Crippen molar-refractivity contribution in [1.29, 1.82) is 0 Å². The molecule has 0 aliphatic carbocycles. The van der Waals surface area contributed by atoms with Gasteiger partial charge in [-0.25, -0.2) is 0 Å². The molecule has 4 N–H and O–H groups in total. The summed E-state index contributed by atoms with van der Waals surface area (Å²) in [7, 11) is 0. The molecule has 2 atom stereocenters. The molecule has 3 aromatic carbocycles. The lowest BCUT2D eigenvalue weighted by Crippen LogP contribution is -2.39. The van der Waals surface area contributed by atoms with Gasteiger partial charge < -0.3 is 34.7 Å². The van der Waals surface area contributed by atoms with E-state index >= 15 is 0 Å². The molecular weight excluding hydrogens is 1150 g/mol. The third-order valence-corrected chi connectivity index (χ3v) is 18.1. The van der Waals surface area contributed by atoms with E-state index in [-0.39, 0.29) is 45.8 Å². The number of ketones is 3. The van der Waals surface area contributed by atoms with E-state index in [4.69, 9.17) is 9.47 Å². The van der Waals surface area contributed by atoms with E-state index in [2.05, 4.69) is 152 Å². The largest absolute Gasteiger partial charge is 0.508 e. The second-order valence-electron chi connectivity index (χ2n) is 28.2. The van der Waals surface area contributed by atoms with Crippen LogP contribution in [0.4, 0.5) is 0 Å². The first-order chi connectivity index (χ1) is 43.5. The number of phenols is 4. The maximum Gasteiger partial charge on any atom is 0.170 e. The molecule has 0 saturated heterocycles. The molecule has 2 unspecified atom stereocenters. The van der Waals surface area contributed by atoms with Crippen LogP contribution in [0, 0.1) is 41.5 Å². The minimum absolute atomic E-state index is 0.0391. The van der Waals surface area contributed by atoms with Gasteiger partial charge >= 0.3 is 0 Å². The summed E-state index contributed by atoms with van der Waals surface area (Å²) in [6.07, 6.45) is 42.1. The van der Waals surface area contributed by atoms with Crippen molar-refractivity contribution in [2.75, 3.05) is 0 Å². The fourth-order valence-corrected chi connectivity index (χ4v) is 11.2. The Bertz CT molecular complexity index is 3270. The van der Waals surface area contributed by atoms with Crippen molar-refractivity contribution in [2.45, 2.75) is 298 Å². The number of ether oxygens (including phenoxy) is 2. The lowest BCUT2D eigenvalue weighted by atomic mass is 9.86. The van der Waals surface area contributed by atoms with Crippen molar-refractivity contribution >= 4 is 17.3 Å². The number of rotatable bonds is 28. The Morgan fingerprint density at radius 3 is 1.15 bits per heavy atom. The SMILES string of the molecule is CC(=O)CC/C=C(\C)CC/C=C(\C)CCC=C(C)C.CC(=O)c1cc(O)c(C)c(C)c1O.CC(C)=CCC/C(C)=C/CC/C(C)=C/CCC1(C)CC(=O)c2cc(O)c(C)c(C)c2O1.CC(C)=CCC/C(C)=C/CC/C(C)=C/CCC1(C)CCc2cc(O)c(C)c(C)c2O1. The van der Waals surface area contributed by atoms with Gasteiger partial charge in [0.1, 0.15) is 51.5 Å². The zero-order valence-corrected chi connectivity index (χ0v) is 62.1. The maximum atomic E-state index is 12.7. The molecular formula is C84H124O9. The number of Topliss-reactive ketones (excluding diaryl/α,β-unsaturated/α-hetero) is 3. The van der Waals surface area contributed by atoms with Crippen molar-refractivity contribution in [1.82, 2.24) is 0 Å². The molecule has 2 aliphatic rings. The molecule has 0 bridgehead atoms. The Labute approximate surface area is 564 Å². The lowest BCUT2D eigenvalue weighted by Gasteiger charge is -2.37. The molecule has 2 aliphatic heterocycles. The average molecular weight is 1280 g/mol. The van der Waals surface area contributed by atoms with E-state index in [1.165, 1.54) is 69.6 Å². The highest BCUT2D eigenvalue weighted by atomic mass is 16.5. The number of fused-ring (bicyclic) bond motifs is 2. The second kappa shape index (κ2) is 41.1. The van der Waals surface area contributed by atoms with E-state index in [1.54, 1.807) is 26.8 Å². The third-order valence-electron chi connectivity index (χ3n) is 18.1. The Balaban J connectivity index is 0.000000443. The van der Waals surface area contributed by atoms with Crippen LogP contribution in [-0.4, -0.2) is 49.0 Å². The van der Waals surface area contributed by atoms with Crippen LogP contribution >= 0.6 is 0 Å². The summed E-state index contributed by atoms with van der Waals surface area (Å²) >= 11 is 0. The predicted octanol–water partition coefficient (Wildman–Crippen LogP) is 23.9. The van der Waals surface area contributed by atoms with E-state index in [1.807, 2.05) is 33.8 Å². The molecule has 3 aromatic rings. The zero-order valence-electron chi connectivity index (χ0n) is 62.1. The van der Waals surface area contributed by atoms with E-state index < -0.39 is 5.60 Å². The fourth-order valence-electron chi connectivity index (χ4n) is 11.2. The summed E-state index contributed by atoms with van der Waals surface area (Å²) in [6.45, 7) is 44.6.